The molecule has 1 aliphatic rings. The van der Waals surface area contributed by atoms with Crippen molar-refractivity contribution in [2.45, 2.75) is 32.2 Å². The number of hydrogen-bond donors (Lipinski definition) is 1. The lowest BCUT2D eigenvalue weighted by atomic mass is 9.78. The van der Waals surface area contributed by atoms with E-state index in [0.717, 1.165) is 19.4 Å². The van der Waals surface area contributed by atoms with Crippen molar-refractivity contribution in [2.24, 2.45) is 17.6 Å². The highest BCUT2D eigenvalue weighted by atomic mass is 32.1. The summed E-state index contributed by atoms with van der Waals surface area (Å²) in [4.78, 5) is 15.6. The molecule has 1 fully saturated rings. The van der Waals surface area contributed by atoms with E-state index >= 15 is 0 Å². The monoisotopic (exact) mass is 266 g/mol. The van der Waals surface area contributed by atoms with Crippen LogP contribution in [0.1, 0.15) is 30.6 Å². The number of nitrogens with zero attached hydrogens (tertiary/aromatic N) is 1. The molecule has 0 spiro atoms. The summed E-state index contributed by atoms with van der Waals surface area (Å²) < 4.78 is 0. The average molecular weight is 266 g/mol. The van der Waals surface area contributed by atoms with Gasteiger partial charge in [0.15, 0.2) is 0 Å². The van der Waals surface area contributed by atoms with Gasteiger partial charge in [-0.15, -0.1) is 11.3 Å². The lowest BCUT2D eigenvalue weighted by molar-refractivity contribution is -0.137. The third kappa shape index (κ3) is 3.12. The average Bonchev–Trinajstić information content (AvgIpc) is 2.90. The zero-order valence-electron chi connectivity index (χ0n) is 11.0. The fourth-order valence-corrected chi connectivity index (χ4v) is 3.57. The molecule has 1 aliphatic carbocycles. The molecular formula is C14H22N2OS. The van der Waals surface area contributed by atoms with E-state index in [0.29, 0.717) is 12.5 Å². The van der Waals surface area contributed by atoms with Crippen molar-refractivity contribution in [3.63, 3.8) is 0 Å². The summed E-state index contributed by atoms with van der Waals surface area (Å²) in [5.74, 6) is 0.810. The highest BCUT2D eigenvalue weighted by Crippen LogP contribution is 2.31. The summed E-state index contributed by atoms with van der Waals surface area (Å²) in [6.45, 7) is 1.37. The fraction of sp³-hybridized carbons (Fsp3) is 0.643. The van der Waals surface area contributed by atoms with Gasteiger partial charge in [-0.1, -0.05) is 18.9 Å². The van der Waals surface area contributed by atoms with Crippen molar-refractivity contribution in [1.29, 1.82) is 0 Å². The molecule has 2 N–H and O–H groups in total. The van der Waals surface area contributed by atoms with E-state index in [2.05, 4.69) is 11.4 Å². The second kappa shape index (κ2) is 6.34. The highest BCUT2D eigenvalue weighted by molar-refractivity contribution is 7.09. The first-order chi connectivity index (χ1) is 8.72. The molecule has 4 heteroatoms. The van der Waals surface area contributed by atoms with Crippen LogP contribution in [0.3, 0.4) is 0 Å². The van der Waals surface area contributed by atoms with Gasteiger partial charge in [0.1, 0.15) is 0 Å². The molecular weight excluding hydrogens is 244 g/mol. The molecule has 0 saturated heterocycles. The van der Waals surface area contributed by atoms with Gasteiger partial charge < -0.3 is 10.6 Å². The van der Waals surface area contributed by atoms with Crippen LogP contribution in [0.25, 0.3) is 0 Å². The molecule has 1 aromatic rings. The molecule has 3 nitrogen and oxygen atoms in total. The van der Waals surface area contributed by atoms with Crippen molar-refractivity contribution in [2.75, 3.05) is 13.6 Å². The number of hydrogen-bond acceptors (Lipinski definition) is 3. The van der Waals surface area contributed by atoms with Crippen molar-refractivity contribution < 1.29 is 4.79 Å². The van der Waals surface area contributed by atoms with E-state index in [1.807, 2.05) is 18.0 Å². The van der Waals surface area contributed by atoms with Crippen LogP contribution >= 0.6 is 11.3 Å². The molecule has 0 bridgehead atoms. The quantitative estimate of drug-likeness (QED) is 0.910. The first-order valence-corrected chi connectivity index (χ1v) is 7.57. The minimum absolute atomic E-state index is 0.147. The van der Waals surface area contributed by atoms with E-state index in [1.165, 1.54) is 17.7 Å². The van der Waals surface area contributed by atoms with Crippen LogP contribution in [0.5, 0.6) is 0 Å². The summed E-state index contributed by atoms with van der Waals surface area (Å²) in [6.07, 6.45) is 4.51. The van der Waals surface area contributed by atoms with Gasteiger partial charge >= 0.3 is 0 Å². The largest absolute Gasteiger partial charge is 0.340 e. The Labute approximate surface area is 113 Å². The van der Waals surface area contributed by atoms with Gasteiger partial charge in [0.05, 0.1) is 6.54 Å². The van der Waals surface area contributed by atoms with E-state index < -0.39 is 0 Å². The van der Waals surface area contributed by atoms with Gasteiger partial charge in [0.25, 0.3) is 0 Å². The molecule has 2 rings (SSSR count). The minimum Gasteiger partial charge on any atom is -0.340 e. The summed E-state index contributed by atoms with van der Waals surface area (Å²) in [7, 11) is 1.91. The Bertz CT molecular complexity index is 377. The number of thiophene rings is 1. The molecule has 1 heterocycles. The van der Waals surface area contributed by atoms with Gasteiger partial charge in [-0.25, -0.2) is 0 Å². The van der Waals surface area contributed by atoms with Crippen LogP contribution in [-0.4, -0.2) is 24.4 Å². The fourth-order valence-electron chi connectivity index (χ4n) is 2.81. The lowest BCUT2D eigenvalue weighted by Gasteiger charge is -2.32. The normalized spacial score (nSPS) is 23.9. The second-order valence-electron chi connectivity index (χ2n) is 5.16. The van der Waals surface area contributed by atoms with Gasteiger partial charge in [0.2, 0.25) is 5.91 Å². The Morgan fingerprint density at radius 3 is 2.94 bits per heavy atom. The van der Waals surface area contributed by atoms with Crippen LogP contribution in [0.4, 0.5) is 0 Å². The summed E-state index contributed by atoms with van der Waals surface area (Å²) >= 11 is 1.70. The first kappa shape index (κ1) is 13.6. The summed E-state index contributed by atoms with van der Waals surface area (Å²) in [6, 6.07) is 4.11. The Balaban J connectivity index is 1.96. The highest BCUT2D eigenvalue weighted by Gasteiger charge is 2.31. The topological polar surface area (TPSA) is 46.3 Å². The molecule has 0 aromatic carbocycles. The van der Waals surface area contributed by atoms with Crippen LogP contribution in [0, 0.1) is 11.8 Å². The maximum atomic E-state index is 12.5. The molecule has 2 atom stereocenters. The van der Waals surface area contributed by atoms with E-state index in [4.69, 9.17) is 5.73 Å². The van der Waals surface area contributed by atoms with Crippen LogP contribution < -0.4 is 5.73 Å². The zero-order chi connectivity index (χ0) is 13.0. The predicted octanol–water partition coefficient (Wildman–Crippen LogP) is 2.47. The SMILES string of the molecule is CN(Cc1cccs1)C(=O)C1CCCCC1CN. The summed E-state index contributed by atoms with van der Waals surface area (Å²) in [5.41, 5.74) is 5.80. The zero-order valence-corrected chi connectivity index (χ0v) is 11.8. The molecule has 1 amide bonds. The van der Waals surface area contributed by atoms with E-state index in [-0.39, 0.29) is 11.8 Å². The number of carbonyl (C=O) groups excluding carboxylic acids is 1. The van der Waals surface area contributed by atoms with Crippen molar-refractivity contribution >= 4 is 17.2 Å². The molecule has 0 aliphatic heterocycles. The molecule has 2 unspecified atom stereocenters. The molecule has 1 aromatic heterocycles. The summed E-state index contributed by atoms with van der Waals surface area (Å²) in [5, 5.41) is 2.05. The van der Waals surface area contributed by atoms with E-state index in [9.17, 15) is 4.79 Å². The molecule has 1 saturated carbocycles. The minimum atomic E-state index is 0.147. The lowest BCUT2D eigenvalue weighted by Crippen LogP contribution is -2.40. The van der Waals surface area contributed by atoms with Gasteiger partial charge in [-0.05, 0) is 36.8 Å². The van der Waals surface area contributed by atoms with Crippen molar-refractivity contribution in [1.82, 2.24) is 4.90 Å². The number of carbonyl (C=O) groups is 1. The van der Waals surface area contributed by atoms with Crippen LogP contribution in [0.15, 0.2) is 17.5 Å². The van der Waals surface area contributed by atoms with Gasteiger partial charge in [-0.3, -0.25) is 4.79 Å². The number of nitrogens with two attached hydrogens (primary N) is 1. The van der Waals surface area contributed by atoms with Gasteiger partial charge in [-0.2, -0.15) is 0 Å². The number of amides is 1. The van der Waals surface area contributed by atoms with Gasteiger partial charge in [0, 0.05) is 17.8 Å². The Morgan fingerprint density at radius 2 is 2.28 bits per heavy atom. The predicted molar refractivity (Wildman–Crippen MR) is 75.3 cm³/mol. The van der Waals surface area contributed by atoms with Crippen molar-refractivity contribution in [3.05, 3.63) is 22.4 Å². The third-order valence-corrected chi connectivity index (χ3v) is 4.74. The number of rotatable bonds is 4. The Hall–Kier alpha value is -0.870. The van der Waals surface area contributed by atoms with Crippen LogP contribution in [0.2, 0.25) is 0 Å². The third-order valence-electron chi connectivity index (χ3n) is 3.88. The smallest absolute Gasteiger partial charge is 0.226 e. The Morgan fingerprint density at radius 1 is 1.50 bits per heavy atom. The first-order valence-electron chi connectivity index (χ1n) is 6.69. The van der Waals surface area contributed by atoms with Crippen LogP contribution in [-0.2, 0) is 11.3 Å². The van der Waals surface area contributed by atoms with E-state index in [1.54, 1.807) is 11.3 Å². The molecule has 0 radical (unpaired) electrons. The second-order valence-corrected chi connectivity index (χ2v) is 6.19. The molecule has 18 heavy (non-hydrogen) atoms. The maximum Gasteiger partial charge on any atom is 0.226 e. The maximum absolute atomic E-state index is 12.5. The Kier molecular flexibility index (Phi) is 4.78. The van der Waals surface area contributed by atoms with Crippen molar-refractivity contribution in [3.8, 4) is 0 Å². The molecule has 100 valence electrons. The standard InChI is InChI=1S/C14H22N2OS/c1-16(10-12-6-4-8-18-12)14(17)13-7-3-2-5-11(13)9-15/h4,6,8,11,13H,2-3,5,7,9-10,15H2,1H3.